The van der Waals surface area contributed by atoms with Gasteiger partial charge >= 0.3 is 0 Å². The molecule has 0 amide bonds. The summed E-state index contributed by atoms with van der Waals surface area (Å²) < 4.78 is 10.7. The number of hydrogen-bond acceptors (Lipinski definition) is 5. The van der Waals surface area contributed by atoms with Gasteiger partial charge in [0.05, 0.1) is 14.2 Å². The lowest BCUT2D eigenvalue weighted by molar-refractivity contribution is 0.249. The van der Waals surface area contributed by atoms with Gasteiger partial charge in [0.1, 0.15) is 0 Å². The van der Waals surface area contributed by atoms with Gasteiger partial charge in [0.25, 0.3) is 0 Å². The Morgan fingerprint density at radius 3 is 2.19 bits per heavy atom. The Hall–Kier alpha value is -2.40. The first-order valence-corrected chi connectivity index (χ1v) is 9.25. The van der Waals surface area contributed by atoms with E-state index >= 15 is 0 Å². The van der Waals surface area contributed by atoms with Crippen molar-refractivity contribution < 1.29 is 9.47 Å². The van der Waals surface area contributed by atoms with Crippen molar-refractivity contribution in [3.63, 3.8) is 0 Å². The molecule has 1 fully saturated rings. The molecule has 1 aliphatic heterocycles. The standard InChI is InChI=1S/C21H29N3O2/c1-4-22-18-6-8-19(9-7-18)24-13-11-23(12-14-24)16-17-5-10-20(25-2)21(15-17)26-3/h5-10,15,22H,4,11-14,16H2,1-3H3. The third kappa shape index (κ3) is 4.41. The number of nitrogens with one attached hydrogen (secondary N) is 1. The first-order valence-electron chi connectivity index (χ1n) is 9.25. The van der Waals surface area contributed by atoms with Crippen molar-refractivity contribution in [2.75, 3.05) is 57.2 Å². The molecule has 1 aliphatic rings. The molecule has 26 heavy (non-hydrogen) atoms. The number of methoxy groups -OCH3 is 2. The van der Waals surface area contributed by atoms with Crippen LogP contribution in [0.1, 0.15) is 12.5 Å². The topological polar surface area (TPSA) is 37.0 Å². The van der Waals surface area contributed by atoms with Gasteiger partial charge in [0.2, 0.25) is 0 Å². The fourth-order valence-corrected chi connectivity index (χ4v) is 3.40. The monoisotopic (exact) mass is 355 g/mol. The van der Waals surface area contributed by atoms with Crippen molar-refractivity contribution in [1.29, 1.82) is 0 Å². The van der Waals surface area contributed by atoms with E-state index in [1.807, 2.05) is 6.07 Å². The Balaban J connectivity index is 1.55. The minimum absolute atomic E-state index is 0.780. The van der Waals surface area contributed by atoms with E-state index in [9.17, 15) is 0 Å². The van der Waals surface area contributed by atoms with Crippen LogP contribution in [-0.2, 0) is 6.54 Å². The summed E-state index contributed by atoms with van der Waals surface area (Å²) in [5, 5.41) is 3.34. The second-order valence-corrected chi connectivity index (χ2v) is 6.53. The highest BCUT2D eigenvalue weighted by Gasteiger charge is 2.18. The van der Waals surface area contributed by atoms with Gasteiger partial charge in [-0.05, 0) is 48.9 Å². The molecule has 1 N–H and O–H groups in total. The van der Waals surface area contributed by atoms with Gasteiger partial charge in [0.15, 0.2) is 11.5 Å². The Morgan fingerprint density at radius 2 is 1.58 bits per heavy atom. The Bertz CT molecular complexity index is 695. The van der Waals surface area contributed by atoms with Crippen LogP contribution in [0.15, 0.2) is 42.5 Å². The van der Waals surface area contributed by atoms with Gasteiger partial charge < -0.3 is 19.7 Å². The first-order chi connectivity index (χ1) is 12.7. The molecule has 0 radical (unpaired) electrons. The van der Waals surface area contributed by atoms with Gasteiger partial charge in [-0.2, -0.15) is 0 Å². The van der Waals surface area contributed by atoms with Crippen LogP contribution in [0.4, 0.5) is 11.4 Å². The highest BCUT2D eigenvalue weighted by Crippen LogP contribution is 2.28. The molecular formula is C21H29N3O2. The van der Waals surface area contributed by atoms with E-state index in [1.54, 1.807) is 14.2 Å². The van der Waals surface area contributed by atoms with Crippen LogP contribution < -0.4 is 19.7 Å². The van der Waals surface area contributed by atoms with Crippen LogP contribution in [0.3, 0.4) is 0 Å². The zero-order valence-corrected chi connectivity index (χ0v) is 16.0. The summed E-state index contributed by atoms with van der Waals surface area (Å²) in [5.41, 5.74) is 3.74. The maximum absolute atomic E-state index is 5.41. The second-order valence-electron chi connectivity index (χ2n) is 6.53. The lowest BCUT2D eigenvalue weighted by atomic mass is 10.1. The molecule has 0 unspecified atom stereocenters. The summed E-state index contributed by atoms with van der Waals surface area (Å²) in [4.78, 5) is 4.95. The predicted octanol–water partition coefficient (Wildman–Crippen LogP) is 3.46. The summed E-state index contributed by atoms with van der Waals surface area (Å²) in [6, 6.07) is 14.9. The second kappa shape index (κ2) is 8.81. The molecule has 0 saturated carbocycles. The number of hydrogen-bond donors (Lipinski definition) is 1. The van der Waals surface area contributed by atoms with Crippen LogP contribution in [0.5, 0.6) is 11.5 Å². The molecule has 2 aromatic carbocycles. The van der Waals surface area contributed by atoms with Crippen molar-refractivity contribution >= 4 is 11.4 Å². The molecule has 0 bridgehead atoms. The highest BCUT2D eigenvalue weighted by atomic mass is 16.5. The van der Waals surface area contributed by atoms with E-state index in [0.29, 0.717) is 0 Å². The summed E-state index contributed by atoms with van der Waals surface area (Å²) in [5.74, 6) is 1.58. The van der Waals surface area contributed by atoms with E-state index in [0.717, 1.165) is 50.8 Å². The maximum Gasteiger partial charge on any atom is 0.161 e. The molecule has 3 rings (SSSR count). The fraction of sp³-hybridized carbons (Fsp3) is 0.429. The third-order valence-corrected chi connectivity index (χ3v) is 4.84. The molecule has 140 valence electrons. The number of ether oxygens (including phenoxy) is 2. The molecule has 1 heterocycles. The fourth-order valence-electron chi connectivity index (χ4n) is 3.40. The Labute approximate surface area is 156 Å². The average molecular weight is 355 g/mol. The van der Waals surface area contributed by atoms with Crippen LogP contribution in [0.2, 0.25) is 0 Å². The summed E-state index contributed by atoms with van der Waals surface area (Å²) >= 11 is 0. The van der Waals surface area contributed by atoms with Gasteiger partial charge in [-0.3, -0.25) is 4.90 Å². The lowest BCUT2D eigenvalue weighted by Gasteiger charge is -2.36. The van der Waals surface area contributed by atoms with Crippen LogP contribution >= 0.6 is 0 Å². The Kier molecular flexibility index (Phi) is 6.23. The average Bonchev–Trinajstić information content (AvgIpc) is 2.69. The lowest BCUT2D eigenvalue weighted by Crippen LogP contribution is -2.45. The minimum atomic E-state index is 0.780. The van der Waals surface area contributed by atoms with Gasteiger partial charge in [-0.1, -0.05) is 6.07 Å². The van der Waals surface area contributed by atoms with Gasteiger partial charge in [0, 0.05) is 50.6 Å². The maximum atomic E-state index is 5.41. The zero-order chi connectivity index (χ0) is 18.4. The third-order valence-electron chi connectivity index (χ3n) is 4.84. The largest absolute Gasteiger partial charge is 0.493 e. The quantitative estimate of drug-likeness (QED) is 0.823. The van der Waals surface area contributed by atoms with Crippen molar-refractivity contribution in [1.82, 2.24) is 4.90 Å². The molecule has 5 nitrogen and oxygen atoms in total. The number of benzene rings is 2. The van der Waals surface area contributed by atoms with E-state index in [-0.39, 0.29) is 0 Å². The number of piperazine rings is 1. The molecule has 5 heteroatoms. The molecule has 1 saturated heterocycles. The molecule has 0 atom stereocenters. The van der Waals surface area contributed by atoms with Gasteiger partial charge in [-0.15, -0.1) is 0 Å². The summed E-state index contributed by atoms with van der Waals surface area (Å²) in [6.07, 6.45) is 0. The Morgan fingerprint density at radius 1 is 0.885 bits per heavy atom. The predicted molar refractivity (Wildman–Crippen MR) is 108 cm³/mol. The normalized spacial score (nSPS) is 15.0. The number of nitrogens with zero attached hydrogens (tertiary/aromatic N) is 2. The summed E-state index contributed by atoms with van der Waals surface area (Å²) in [7, 11) is 3.35. The highest BCUT2D eigenvalue weighted by molar-refractivity contribution is 5.55. The van der Waals surface area contributed by atoms with Crippen molar-refractivity contribution in [2.24, 2.45) is 0 Å². The summed E-state index contributed by atoms with van der Waals surface area (Å²) in [6.45, 7) is 8.22. The number of rotatable bonds is 7. The van der Waals surface area contributed by atoms with Crippen LogP contribution in [0.25, 0.3) is 0 Å². The van der Waals surface area contributed by atoms with Crippen molar-refractivity contribution in [3.8, 4) is 11.5 Å². The van der Waals surface area contributed by atoms with E-state index < -0.39 is 0 Å². The smallest absolute Gasteiger partial charge is 0.161 e. The number of anilines is 2. The van der Waals surface area contributed by atoms with Crippen LogP contribution in [-0.4, -0.2) is 51.8 Å². The van der Waals surface area contributed by atoms with E-state index in [2.05, 4.69) is 58.4 Å². The van der Waals surface area contributed by atoms with Gasteiger partial charge in [-0.25, -0.2) is 0 Å². The van der Waals surface area contributed by atoms with E-state index in [4.69, 9.17) is 9.47 Å². The minimum Gasteiger partial charge on any atom is -0.493 e. The molecule has 0 aliphatic carbocycles. The van der Waals surface area contributed by atoms with Crippen molar-refractivity contribution in [2.45, 2.75) is 13.5 Å². The van der Waals surface area contributed by atoms with Crippen molar-refractivity contribution in [3.05, 3.63) is 48.0 Å². The zero-order valence-electron chi connectivity index (χ0n) is 16.0. The van der Waals surface area contributed by atoms with E-state index in [1.165, 1.54) is 16.9 Å². The molecule has 2 aromatic rings. The molecule has 0 aromatic heterocycles. The molecular weight excluding hydrogens is 326 g/mol. The van der Waals surface area contributed by atoms with Crippen LogP contribution in [0, 0.1) is 0 Å². The molecule has 0 spiro atoms. The first kappa shape index (κ1) is 18.4. The SMILES string of the molecule is CCNc1ccc(N2CCN(Cc3ccc(OC)c(OC)c3)CC2)cc1.